The summed E-state index contributed by atoms with van der Waals surface area (Å²) in [6.45, 7) is 6.84. The molecule has 0 aliphatic rings. The fourth-order valence-electron chi connectivity index (χ4n) is 1.57. The molecule has 0 saturated carbocycles. The topological polar surface area (TPSA) is 29.5 Å². The van der Waals surface area contributed by atoms with E-state index in [1.165, 1.54) is 0 Å². The molecular formula is C12H18O2. The molecule has 1 N–H and O–H groups in total. The molecule has 1 rings (SSSR count). The maximum absolute atomic E-state index is 9.71. The van der Waals surface area contributed by atoms with Gasteiger partial charge >= 0.3 is 0 Å². The maximum atomic E-state index is 9.71. The third kappa shape index (κ3) is 2.26. The van der Waals surface area contributed by atoms with Crippen LogP contribution in [0.2, 0.25) is 0 Å². The van der Waals surface area contributed by atoms with Crippen molar-refractivity contribution in [1.29, 1.82) is 0 Å². The van der Waals surface area contributed by atoms with E-state index in [-0.39, 0.29) is 5.41 Å². The number of ether oxygens (including phenoxy) is 1. The van der Waals surface area contributed by atoms with Crippen LogP contribution < -0.4 is 0 Å². The van der Waals surface area contributed by atoms with Gasteiger partial charge in [0.05, 0.1) is 6.61 Å². The molecule has 2 heteroatoms. The molecule has 0 heterocycles. The molecule has 0 bridgehead atoms. The molecule has 0 spiro atoms. The zero-order chi connectivity index (χ0) is 10.8. The van der Waals surface area contributed by atoms with E-state index in [4.69, 9.17) is 4.74 Å². The van der Waals surface area contributed by atoms with Crippen molar-refractivity contribution in [3.8, 4) is 5.75 Å². The standard InChI is InChI=1S/C12H18O2/c1-12(2,3)10-6-5-7-11(13)9(10)8-14-4/h5-7,13H,8H2,1-4H3. The first-order valence-corrected chi connectivity index (χ1v) is 4.77. The van der Waals surface area contributed by atoms with Crippen LogP contribution in [0.5, 0.6) is 5.75 Å². The van der Waals surface area contributed by atoms with Crippen molar-refractivity contribution in [3.05, 3.63) is 29.3 Å². The van der Waals surface area contributed by atoms with E-state index in [2.05, 4.69) is 20.8 Å². The Balaban J connectivity index is 3.21. The summed E-state index contributed by atoms with van der Waals surface area (Å²) in [5, 5.41) is 9.71. The van der Waals surface area contributed by atoms with Crippen LogP contribution >= 0.6 is 0 Å². The second kappa shape index (κ2) is 4.01. The van der Waals surface area contributed by atoms with Crippen LogP contribution in [0, 0.1) is 0 Å². The van der Waals surface area contributed by atoms with E-state index in [1.54, 1.807) is 13.2 Å². The Labute approximate surface area is 85.5 Å². The van der Waals surface area contributed by atoms with E-state index >= 15 is 0 Å². The van der Waals surface area contributed by atoms with Gasteiger partial charge in [-0.15, -0.1) is 0 Å². The van der Waals surface area contributed by atoms with Crippen LogP contribution in [0.4, 0.5) is 0 Å². The Hall–Kier alpha value is -1.02. The normalized spacial score (nSPS) is 11.7. The highest BCUT2D eigenvalue weighted by Crippen LogP contribution is 2.31. The van der Waals surface area contributed by atoms with Gasteiger partial charge in [-0.25, -0.2) is 0 Å². The van der Waals surface area contributed by atoms with Gasteiger partial charge in [0.25, 0.3) is 0 Å². The Bertz CT molecular complexity index is 311. The molecule has 0 aliphatic heterocycles. The molecule has 1 aromatic rings. The largest absolute Gasteiger partial charge is 0.508 e. The SMILES string of the molecule is COCc1c(O)cccc1C(C)(C)C. The van der Waals surface area contributed by atoms with Crippen LogP contribution in [0.25, 0.3) is 0 Å². The van der Waals surface area contributed by atoms with Crippen molar-refractivity contribution in [2.75, 3.05) is 7.11 Å². The third-order valence-corrected chi connectivity index (χ3v) is 2.25. The summed E-state index contributed by atoms with van der Waals surface area (Å²) in [6.07, 6.45) is 0. The van der Waals surface area contributed by atoms with Gasteiger partial charge < -0.3 is 9.84 Å². The highest BCUT2D eigenvalue weighted by atomic mass is 16.5. The maximum Gasteiger partial charge on any atom is 0.121 e. The highest BCUT2D eigenvalue weighted by molar-refractivity contribution is 5.42. The van der Waals surface area contributed by atoms with E-state index in [0.29, 0.717) is 12.4 Å². The van der Waals surface area contributed by atoms with Gasteiger partial charge in [0.15, 0.2) is 0 Å². The molecule has 14 heavy (non-hydrogen) atoms. The Kier molecular flexibility index (Phi) is 3.17. The van der Waals surface area contributed by atoms with E-state index in [0.717, 1.165) is 11.1 Å². The minimum absolute atomic E-state index is 0.0343. The number of methoxy groups -OCH3 is 1. The molecule has 1 aromatic carbocycles. The van der Waals surface area contributed by atoms with Crippen LogP contribution in [0.1, 0.15) is 31.9 Å². The third-order valence-electron chi connectivity index (χ3n) is 2.25. The lowest BCUT2D eigenvalue weighted by molar-refractivity contribution is 0.180. The van der Waals surface area contributed by atoms with Gasteiger partial charge in [0.1, 0.15) is 5.75 Å². The average Bonchev–Trinajstić information content (AvgIpc) is 2.07. The van der Waals surface area contributed by atoms with Crippen molar-refractivity contribution in [1.82, 2.24) is 0 Å². The van der Waals surface area contributed by atoms with Gasteiger partial charge in [0, 0.05) is 12.7 Å². The summed E-state index contributed by atoms with van der Waals surface area (Å²) in [6, 6.07) is 5.60. The molecule has 0 fully saturated rings. The first kappa shape index (κ1) is 11.1. The van der Waals surface area contributed by atoms with Crippen molar-refractivity contribution < 1.29 is 9.84 Å². The summed E-state index contributed by atoms with van der Waals surface area (Å²) in [5.74, 6) is 0.319. The quantitative estimate of drug-likeness (QED) is 0.784. The summed E-state index contributed by atoms with van der Waals surface area (Å²) in [4.78, 5) is 0. The number of aromatic hydroxyl groups is 1. The van der Waals surface area contributed by atoms with E-state index < -0.39 is 0 Å². The molecule has 0 aromatic heterocycles. The molecule has 0 radical (unpaired) electrons. The van der Waals surface area contributed by atoms with Gasteiger partial charge in [-0.2, -0.15) is 0 Å². The van der Waals surface area contributed by atoms with Crippen molar-refractivity contribution in [2.45, 2.75) is 32.8 Å². The van der Waals surface area contributed by atoms with Crippen molar-refractivity contribution in [2.24, 2.45) is 0 Å². The molecule has 0 atom stereocenters. The Morgan fingerprint density at radius 1 is 1.29 bits per heavy atom. The first-order chi connectivity index (χ1) is 6.46. The lowest BCUT2D eigenvalue weighted by Crippen LogP contribution is -2.14. The lowest BCUT2D eigenvalue weighted by atomic mass is 9.83. The van der Waals surface area contributed by atoms with Gasteiger partial charge in [-0.3, -0.25) is 0 Å². The predicted octanol–water partition coefficient (Wildman–Crippen LogP) is 2.84. The number of phenols is 1. The Morgan fingerprint density at radius 2 is 1.93 bits per heavy atom. The van der Waals surface area contributed by atoms with Crippen LogP contribution in [-0.2, 0) is 16.8 Å². The van der Waals surface area contributed by atoms with Gasteiger partial charge in [-0.1, -0.05) is 32.9 Å². The van der Waals surface area contributed by atoms with Crippen LogP contribution in [-0.4, -0.2) is 12.2 Å². The number of rotatable bonds is 2. The van der Waals surface area contributed by atoms with Gasteiger partial charge in [-0.05, 0) is 17.0 Å². The fourth-order valence-corrected chi connectivity index (χ4v) is 1.57. The number of phenolic OH excluding ortho intramolecular Hbond substituents is 1. The second-order valence-electron chi connectivity index (χ2n) is 4.49. The number of hydrogen-bond donors (Lipinski definition) is 1. The second-order valence-corrected chi connectivity index (χ2v) is 4.49. The monoisotopic (exact) mass is 194 g/mol. The van der Waals surface area contributed by atoms with E-state index in [9.17, 15) is 5.11 Å². The van der Waals surface area contributed by atoms with Crippen molar-refractivity contribution >= 4 is 0 Å². The zero-order valence-electron chi connectivity index (χ0n) is 9.29. The predicted molar refractivity (Wildman–Crippen MR) is 57.5 cm³/mol. The fraction of sp³-hybridized carbons (Fsp3) is 0.500. The smallest absolute Gasteiger partial charge is 0.121 e. The van der Waals surface area contributed by atoms with Crippen molar-refractivity contribution in [3.63, 3.8) is 0 Å². The molecular weight excluding hydrogens is 176 g/mol. The summed E-state index contributed by atoms with van der Waals surface area (Å²) in [5.41, 5.74) is 2.06. The molecule has 78 valence electrons. The molecule has 0 saturated heterocycles. The lowest BCUT2D eigenvalue weighted by Gasteiger charge is -2.23. The summed E-state index contributed by atoms with van der Waals surface area (Å²) in [7, 11) is 1.64. The highest BCUT2D eigenvalue weighted by Gasteiger charge is 2.19. The minimum Gasteiger partial charge on any atom is -0.508 e. The minimum atomic E-state index is 0.0343. The van der Waals surface area contributed by atoms with Gasteiger partial charge in [0.2, 0.25) is 0 Å². The molecule has 0 amide bonds. The summed E-state index contributed by atoms with van der Waals surface area (Å²) < 4.78 is 5.08. The average molecular weight is 194 g/mol. The van der Waals surface area contributed by atoms with Crippen LogP contribution in [0.3, 0.4) is 0 Å². The zero-order valence-corrected chi connectivity index (χ0v) is 9.29. The number of benzene rings is 1. The summed E-state index contributed by atoms with van der Waals surface area (Å²) >= 11 is 0. The number of hydrogen-bond acceptors (Lipinski definition) is 2. The molecule has 2 nitrogen and oxygen atoms in total. The molecule has 0 aliphatic carbocycles. The van der Waals surface area contributed by atoms with Crippen LogP contribution in [0.15, 0.2) is 18.2 Å². The van der Waals surface area contributed by atoms with E-state index in [1.807, 2.05) is 12.1 Å². The first-order valence-electron chi connectivity index (χ1n) is 4.77. The molecule has 0 unspecified atom stereocenters. The Morgan fingerprint density at radius 3 is 2.43 bits per heavy atom.